The first kappa shape index (κ1) is 17.0. The number of amides is 3. The number of likely N-dealkylation sites (tertiary alicyclic amines) is 1. The highest BCUT2D eigenvalue weighted by atomic mass is 16.2. The molecule has 1 aliphatic heterocycles. The van der Waals surface area contributed by atoms with E-state index in [4.69, 9.17) is 0 Å². The van der Waals surface area contributed by atoms with Crippen LogP contribution in [0.3, 0.4) is 0 Å². The van der Waals surface area contributed by atoms with Crippen LogP contribution in [-0.4, -0.2) is 42.3 Å². The molecule has 2 rings (SSSR count). The molecule has 6 nitrogen and oxygen atoms in total. The van der Waals surface area contributed by atoms with E-state index in [1.165, 1.54) is 0 Å². The molecule has 2 N–H and O–H groups in total. The van der Waals surface area contributed by atoms with Gasteiger partial charge < -0.3 is 15.5 Å². The molecule has 23 heavy (non-hydrogen) atoms. The predicted octanol–water partition coefficient (Wildman–Crippen LogP) is 1.06. The van der Waals surface area contributed by atoms with Crippen LogP contribution in [-0.2, 0) is 16.1 Å². The minimum atomic E-state index is -0.277. The lowest BCUT2D eigenvalue weighted by Crippen LogP contribution is -2.37. The third kappa shape index (κ3) is 5.09. The second-order valence-electron chi connectivity index (χ2n) is 5.65. The number of carbonyl (C=O) groups excluding carboxylic acids is 3. The van der Waals surface area contributed by atoms with E-state index in [1.54, 1.807) is 12.1 Å². The Hall–Kier alpha value is -2.37. The first-order chi connectivity index (χ1) is 11.1. The molecule has 1 aromatic carbocycles. The lowest BCUT2D eigenvalue weighted by atomic mass is 10.1. The van der Waals surface area contributed by atoms with Gasteiger partial charge in [0.25, 0.3) is 5.91 Å². The normalized spacial score (nSPS) is 14.0. The molecule has 0 radical (unpaired) electrons. The zero-order valence-corrected chi connectivity index (χ0v) is 13.4. The van der Waals surface area contributed by atoms with Gasteiger partial charge in [0, 0.05) is 31.6 Å². The van der Waals surface area contributed by atoms with Gasteiger partial charge in [0.2, 0.25) is 11.8 Å². The van der Waals surface area contributed by atoms with Crippen LogP contribution in [0.1, 0.15) is 42.1 Å². The van der Waals surface area contributed by atoms with Crippen LogP contribution < -0.4 is 10.6 Å². The Kier molecular flexibility index (Phi) is 6.14. The van der Waals surface area contributed by atoms with E-state index in [-0.39, 0.29) is 24.3 Å². The van der Waals surface area contributed by atoms with Crippen LogP contribution in [0.5, 0.6) is 0 Å². The molecule has 1 saturated heterocycles. The fourth-order valence-electron chi connectivity index (χ4n) is 2.44. The number of hydrogen-bond acceptors (Lipinski definition) is 3. The van der Waals surface area contributed by atoms with Crippen molar-refractivity contribution < 1.29 is 14.4 Å². The molecule has 0 spiro atoms. The largest absolute Gasteiger partial charge is 0.355 e. The van der Waals surface area contributed by atoms with Crippen LogP contribution >= 0.6 is 0 Å². The Morgan fingerprint density at radius 1 is 1.17 bits per heavy atom. The fourth-order valence-corrected chi connectivity index (χ4v) is 2.44. The predicted molar refractivity (Wildman–Crippen MR) is 86.7 cm³/mol. The molecular formula is C17H23N3O3. The number of nitrogens with zero attached hydrogens (tertiary/aromatic N) is 1. The highest BCUT2D eigenvalue weighted by Gasteiger charge is 2.20. The molecule has 0 unspecified atom stereocenters. The zero-order chi connectivity index (χ0) is 16.7. The molecule has 0 saturated carbocycles. The molecular weight excluding hydrogens is 294 g/mol. The van der Waals surface area contributed by atoms with E-state index < -0.39 is 0 Å². The highest BCUT2D eigenvalue weighted by Crippen LogP contribution is 2.14. The third-order valence-corrected chi connectivity index (χ3v) is 3.74. The van der Waals surface area contributed by atoms with E-state index in [2.05, 4.69) is 10.6 Å². The van der Waals surface area contributed by atoms with E-state index in [0.29, 0.717) is 25.1 Å². The van der Waals surface area contributed by atoms with Crippen molar-refractivity contribution in [2.75, 3.05) is 19.6 Å². The Labute approximate surface area is 136 Å². The minimum absolute atomic E-state index is 0.0249. The molecule has 1 fully saturated rings. The van der Waals surface area contributed by atoms with Crippen molar-refractivity contribution in [3.8, 4) is 0 Å². The Morgan fingerprint density at radius 2 is 1.91 bits per heavy atom. The van der Waals surface area contributed by atoms with E-state index in [9.17, 15) is 14.4 Å². The maximum atomic E-state index is 12.0. The van der Waals surface area contributed by atoms with Crippen LogP contribution in [0, 0.1) is 0 Å². The van der Waals surface area contributed by atoms with Gasteiger partial charge in [-0.2, -0.15) is 0 Å². The van der Waals surface area contributed by atoms with Crippen molar-refractivity contribution in [2.24, 2.45) is 0 Å². The van der Waals surface area contributed by atoms with Crippen molar-refractivity contribution >= 4 is 17.7 Å². The molecule has 1 aliphatic rings. The Morgan fingerprint density at radius 3 is 2.52 bits per heavy atom. The van der Waals surface area contributed by atoms with Crippen molar-refractivity contribution in [3.05, 3.63) is 35.4 Å². The third-order valence-electron chi connectivity index (χ3n) is 3.74. The van der Waals surface area contributed by atoms with Gasteiger partial charge in [0.15, 0.2) is 0 Å². The molecule has 1 aromatic rings. The molecule has 3 amide bonds. The summed E-state index contributed by atoms with van der Waals surface area (Å²) in [5.74, 6) is -0.283. The molecule has 0 aliphatic carbocycles. The van der Waals surface area contributed by atoms with Gasteiger partial charge in [-0.3, -0.25) is 14.4 Å². The summed E-state index contributed by atoms with van der Waals surface area (Å²) in [7, 11) is 0. The van der Waals surface area contributed by atoms with Crippen LogP contribution in [0.15, 0.2) is 24.3 Å². The lowest BCUT2D eigenvalue weighted by molar-refractivity contribution is -0.128. The van der Waals surface area contributed by atoms with Gasteiger partial charge in [0.05, 0.1) is 6.54 Å². The second kappa shape index (κ2) is 8.31. The number of carbonyl (C=O) groups is 3. The van der Waals surface area contributed by atoms with E-state index >= 15 is 0 Å². The number of hydrogen-bond donors (Lipinski definition) is 2. The lowest BCUT2D eigenvalue weighted by Gasteiger charge is -2.15. The summed E-state index contributed by atoms with van der Waals surface area (Å²) >= 11 is 0. The van der Waals surface area contributed by atoms with Gasteiger partial charge in [0.1, 0.15) is 0 Å². The van der Waals surface area contributed by atoms with E-state index in [1.807, 2.05) is 24.0 Å². The van der Waals surface area contributed by atoms with E-state index in [0.717, 1.165) is 24.9 Å². The molecule has 124 valence electrons. The van der Waals surface area contributed by atoms with Crippen LogP contribution in [0.25, 0.3) is 0 Å². The second-order valence-corrected chi connectivity index (χ2v) is 5.65. The summed E-state index contributed by atoms with van der Waals surface area (Å²) in [5, 5.41) is 5.29. The van der Waals surface area contributed by atoms with Crippen molar-refractivity contribution in [3.63, 3.8) is 0 Å². The molecule has 6 heteroatoms. The van der Waals surface area contributed by atoms with Gasteiger partial charge in [-0.25, -0.2) is 0 Å². The van der Waals surface area contributed by atoms with Gasteiger partial charge in [-0.1, -0.05) is 19.1 Å². The monoisotopic (exact) mass is 317 g/mol. The number of rotatable bonds is 7. The molecule has 1 heterocycles. The summed E-state index contributed by atoms with van der Waals surface area (Å²) in [6, 6.07) is 7.12. The number of nitrogens with one attached hydrogen (secondary N) is 2. The van der Waals surface area contributed by atoms with Gasteiger partial charge in [-0.15, -0.1) is 0 Å². The van der Waals surface area contributed by atoms with Crippen molar-refractivity contribution in [1.82, 2.24) is 15.5 Å². The SMILES string of the molecule is CCCNC(=O)CNC(=O)c1ccc(CN2CCCC2=O)cc1. The molecule has 0 bridgehead atoms. The first-order valence-electron chi connectivity index (χ1n) is 8.01. The Balaban J connectivity index is 1.82. The van der Waals surface area contributed by atoms with Gasteiger partial charge >= 0.3 is 0 Å². The maximum Gasteiger partial charge on any atom is 0.251 e. The maximum absolute atomic E-state index is 12.0. The summed E-state index contributed by atoms with van der Waals surface area (Å²) in [6.07, 6.45) is 2.40. The summed E-state index contributed by atoms with van der Waals surface area (Å²) in [6.45, 7) is 3.94. The van der Waals surface area contributed by atoms with Gasteiger partial charge in [-0.05, 0) is 30.5 Å². The van der Waals surface area contributed by atoms with Crippen LogP contribution in [0.2, 0.25) is 0 Å². The summed E-state index contributed by atoms with van der Waals surface area (Å²) < 4.78 is 0. The average molecular weight is 317 g/mol. The zero-order valence-electron chi connectivity index (χ0n) is 13.4. The smallest absolute Gasteiger partial charge is 0.251 e. The summed E-state index contributed by atoms with van der Waals surface area (Å²) in [4.78, 5) is 36.9. The quantitative estimate of drug-likeness (QED) is 0.789. The highest BCUT2D eigenvalue weighted by molar-refractivity contribution is 5.96. The minimum Gasteiger partial charge on any atom is -0.355 e. The average Bonchev–Trinajstić information content (AvgIpc) is 2.96. The topological polar surface area (TPSA) is 78.5 Å². The van der Waals surface area contributed by atoms with Crippen molar-refractivity contribution in [1.29, 1.82) is 0 Å². The number of benzene rings is 1. The Bertz CT molecular complexity index is 569. The van der Waals surface area contributed by atoms with Crippen LogP contribution in [0.4, 0.5) is 0 Å². The fraction of sp³-hybridized carbons (Fsp3) is 0.471. The molecule has 0 aromatic heterocycles. The molecule has 0 atom stereocenters. The standard InChI is InChI=1S/C17H23N3O3/c1-2-9-18-15(21)11-19-17(23)14-7-5-13(6-8-14)12-20-10-3-4-16(20)22/h5-8H,2-4,9-12H2,1H3,(H,18,21)(H,19,23). The van der Waals surface area contributed by atoms with Crippen molar-refractivity contribution in [2.45, 2.75) is 32.7 Å². The summed E-state index contributed by atoms with van der Waals surface area (Å²) in [5.41, 5.74) is 1.50. The first-order valence-corrected chi connectivity index (χ1v) is 8.01.